The number of carbonyl (C=O) groups is 1. The van der Waals surface area contributed by atoms with Crippen molar-refractivity contribution >= 4 is 5.97 Å². The highest BCUT2D eigenvalue weighted by Crippen LogP contribution is 2.56. The van der Waals surface area contributed by atoms with Gasteiger partial charge in [0.2, 0.25) is 0 Å². The van der Waals surface area contributed by atoms with Crippen molar-refractivity contribution in [2.75, 3.05) is 13.7 Å². The number of ether oxygens (including phenoxy) is 1. The minimum Gasteiger partial charge on any atom is -0.477 e. The number of aryl methyl sites for hydroxylation is 1. The average molecular weight is 322 g/mol. The molecule has 2 fully saturated rings. The van der Waals surface area contributed by atoms with Crippen molar-refractivity contribution in [2.45, 2.75) is 64.6 Å². The van der Waals surface area contributed by atoms with E-state index in [9.17, 15) is 9.90 Å². The first-order valence-electron chi connectivity index (χ1n) is 8.50. The lowest BCUT2D eigenvalue weighted by molar-refractivity contribution is -0.162. The molecule has 0 amide bonds. The zero-order valence-corrected chi connectivity index (χ0v) is 14.2. The Balaban J connectivity index is 1.74. The van der Waals surface area contributed by atoms with Gasteiger partial charge in [0.15, 0.2) is 0 Å². The number of aromatic nitrogens is 1. The highest BCUT2D eigenvalue weighted by molar-refractivity contribution is 5.89. The second kappa shape index (κ2) is 6.24. The minimum absolute atomic E-state index is 0.206. The SMILES string of the molecule is CCOC1CC(N(C)Cc2noc(C)c2C(=O)O)C12CCCC2. The van der Waals surface area contributed by atoms with Crippen LogP contribution >= 0.6 is 0 Å². The fourth-order valence-electron chi connectivity index (χ4n) is 4.62. The lowest BCUT2D eigenvalue weighted by Gasteiger charge is -2.57. The minimum atomic E-state index is -0.969. The maximum atomic E-state index is 11.4. The Labute approximate surface area is 136 Å². The molecule has 0 aromatic carbocycles. The maximum Gasteiger partial charge on any atom is 0.341 e. The summed E-state index contributed by atoms with van der Waals surface area (Å²) in [6.45, 7) is 4.96. The van der Waals surface area contributed by atoms with E-state index in [1.54, 1.807) is 6.92 Å². The van der Waals surface area contributed by atoms with Gasteiger partial charge in [0.05, 0.1) is 6.10 Å². The number of hydrogen-bond acceptors (Lipinski definition) is 5. The third-order valence-corrected chi connectivity index (χ3v) is 5.72. The molecule has 1 N–H and O–H groups in total. The molecule has 1 aromatic rings. The lowest BCUT2D eigenvalue weighted by Crippen LogP contribution is -2.62. The van der Waals surface area contributed by atoms with E-state index in [4.69, 9.17) is 9.26 Å². The summed E-state index contributed by atoms with van der Waals surface area (Å²) in [4.78, 5) is 13.6. The summed E-state index contributed by atoms with van der Waals surface area (Å²) in [6.07, 6.45) is 6.30. The third kappa shape index (κ3) is 2.68. The molecule has 1 spiro atoms. The van der Waals surface area contributed by atoms with Gasteiger partial charge in [0.1, 0.15) is 17.0 Å². The van der Waals surface area contributed by atoms with Crippen LogP contribution in [0.5, 0.6) is 0 Å². The Morgan fingerprint density at radius 3 is 2.78 bits per heavy atom. The summed E-state index contributed by atoms with van der Waals surface area (Å²) in [5.74, 6) is -0.596. The average Bonchev–Trinajstić information content (AvgIpc) is 3.11. The van der Waals surface area contributed by atoms with Crippen LogP contribution in [0.25, 0.3) is 0 Å². The van der Waals surface area contributed by atoms with Gasteiger partial charge in [-0.1, -0.05) is 18.0 Å². The van der Waals surface area contributed by atoms with Gasteiger partial charge in [-0.25, -0.2) is 4.79 Å². The van der Waals surface area contributed by atoms with Crippen LogP contribution in [0, 0.1) is 12.3 Å². The van der Waals surface area contributed by atoms with Gasteiger partial charge in [-0.3, -0.25) is 4.90 Å². The van der Waals surface area contributed by atoms with Crippen molar-refractivity contribution < 1.29 is 19.2 Å². The number of rotatable bonds is 6. The molecule has 0 aliphatic heterocycles. The molecule has 1 aromatic heterocycles. The van der Waals surface area contributed by atoms with Gasteiger partial charge >= 0.3 is 5.97 Å². The molecule has 0 radical (unpaired) electrons. The fraction of sp³-hybridized carbons (Fsp3) is 0.765. The molecule has 128 valence electrons. The molecule has 6 heteroatoms. The second-order valence-electron chi connectivity index (χ2n) is 6.92. The summed E-state index contributed by atoms with van der Waals surface area (Å²) >= 11 is 0. The van der Waals surface area contributed by atoms with Crippen LogP contribution in [0.2, 0.25) is 0 Å². The molecule has 2 saturated carbocycles. The van der Waals surface area contributed by atoms with Crippen molar-refractivity contribution in [3.05, 3.63) is 17.0 Å². The summed E-state index contributed by atoms with van der Waals surface area (Å²) < 4.78 is 11.0. The Kier molecular flexibility index (Phi) is 4.47. The van der Waals surface area contributed by atoms with Gasteiger partial charge in [-0.2, -0.15) is 0 Å². The van der Waals surface area contributed by atoms with E-state index in [1.807, 2.05) is 0 Å². The molecular formula is C17H26N2O4. The Morgan fingerprint density at radius 2 is 2.17 bits per heavy atom. The lowest BCUT2D eigenvalue weighted by atomic mass is 9.60. The largest absolute Gasteiger partial charge is 0.477 e. The molecule has 2 aliphatic rings. The van der Waals surface area contributed by atoms with Gasteiger partial charge < -0.3 is 14.4 Å². The first-order valence-corrected chi connectivity index (χ1v) is 8.50. The van der Waals surface area contributed by atoms with Crippen LogP contribution in [0.3, 0.4) is 0 Å². The molecule has 6 nitrogen and oxygen atoms in total. The predicted octanol–water partition coefficient (Wildman–Crippen LogP) is 2.85. The van der Waals surface area contributed by atoms with Crippen LogP contribution in [0.1, 0.15) is 60.8 Å². The standard InChI is InChI=1S/C17H26N2O4/c1-4-22-14-9-13(17(14)7-5-6-8-17)19(3)10-12-15(16(20)21)11(2)23-18-12/h13-14H,4-10H2,1-3H3,(H,20,21). The van der Waals surface area contributed by atoms with E-state index in [-0.39, 0.29) is 11.0 Å². The Morgan fingerprint density at radius 1 is 1.48 bits per heavy atom. The zero-order valence-electron chi connectivity index (χ0n) is 14.2. The van der Waals surface area contributed by atoms with Crippen molar-refractivity contribution in [2.24, 2.45) is 5.41 Å². The van der Waals surface area contributed by atoms with Crippen molar-refractivity contribution in [3.8, 4) is 0 Å². The monoisotopic (exact) mass is 322 g/mol. The summed E-state index contributed by atoms with van der Waals surface area (Å²) in [5.41, 5.74) is 0.968. The first kappa shape index (κ1) is 16.5. The number of carboxylic acids is 1. The van der Waals surface area contributed by atoms with Crippen LogP contribution < -0.4 is 0 Å². The quantitative estimate of drug-likeness (QED) is 0.868. The van der Waals surface area contributed by atoms with Gasteiger partial charge in [-0.05, 0) is 40.2 Å². The second-order valence-corrected chi connectivity index (χ2v) is 6.92. The van der Waals surface area contributed by atoms with Crippen LogP contribution in [0.4, 0.5) is 0 Å². The van der Waals surface area contributed by atoms with E-state index < -0.39 is 5.97 Å². The van der Waals surface area contributed by atoms with Gasteiger partial charge in [0.25, 0.3) is 0 Å². The fourth-order valence-corrected chi connectivity index (χ4v) is 4.62. The van der Waals surface area contributed by atoms with Crippen LogP contribution in [0.15, 0.2) is 4.52 Å². The Bertz CT molecular complexity index is 577. The number of aromatic carboxylic acids is 1. The van der Waals surface area contributed by atoms with Crippen molar-refractivity contribution in [3.63, 3.8) is 0 Å². The molecule has 0 bridgehead atoms. The molecule has 3 rings (SSSR count). The van der Waals surface area contributed by atoms with Crippen molar-refractivity contribution in [1.29, 1.82) is 0 Å². The molecule has 23 heavy (non-hydrogen) atoms. The first-order chi connectivity index (χ1) is 11.0. The Hall–Kier alpha value is -1.40. The topological polar surface area (TPSA) is 75.8 Å². The number of hydrogen-bond donors (Lipinski definition) is 1. The van der Waals surface area contributed by atoms with E-state index in [0.29, 0.717) is 30.1 Å². The maximum absolute atomic E-state index is 11.4. The van der Waals surface area contributed by atoms with E-state index in [2.05, 4.69) is 24.0 Å². The summed E-state index contributed by atoms with van der Waals surface area (Å²) in [6, 6.07) is 0.431. The van der Waals surface area contributed by atoms with Crippen LogP contribution in [-0.2, 0) is 11.3 Å². The third-order valence-electron chi connectivity index (χ3n) is 5.72. The number of nitrogens with zero attached hydrogens (tertiary/aromatic N) is 2. The molecule has 2 atom stereocenters. The molecular weight excluding hydrogens is 296 g/mol. The van der Waals surface area contributed by atoms with Crippen molar-refractivity contribution in [1.82, 2.24) is 10.1 Å². The molecule has 2 aliphatic carbocycles. The predicted molar refractivity (Wildman–Crippen MR) is 84.4 cm³/mol. The highest BCUT2D eigenvalue weighted by atomic mass is 16.5. The number of carboxylic acid groups (broad SMARTS) is 1. The zero-order chi connectivity index (χ0) is 16.6. The van der Waals surface area contributed by atoms with E-state index in [0.717, 1.165) is 13.0 Å². The highest BCUT2D eigenvalue weighted by Gasteiger charge is 2.57. The molecule has 1 heterocycles. The summed E-state index contributed by atoms with van der Waals surface area (Å²) in [7, 11) is 2.06. The normalized spacial score (nSPS) is 25.9. The van der Waals surface area contributed by atoms with Gasteiger partial charge in [0, 0.05) is 24.6 Å². The molecule has 2 unspecified atom stereocenters. The van der Waals surface area contributed by atoms with E-state index in [1.165, 1.54) is 25.7 Å². The molecule has 0 saturated heterocycles. The summed E-state index contributed by atoms with van der Waals surface area (Å²) in [5, 5.41) is 13.3. The van der Waals surface area contributed by atoms with Gasteiger partial charge in [-0.15, -0.1) is 0 Å². The van der Waals surface area contributed by atoms with Crippen LogP contribution in [-0.4, -0.2) is 46.9 Å². The smallest absolute Gasteiger partial charge is 0.341 e. The van der Waals surface area contributed by atoms with E-state index >= 15 is 0 Å².